The van der Waals surface area contributed by atoms with Gasteiger partial charge in [0.1, 0.15) is 11.6 Å². The maximum atomic E-state index is 13.7. The first-order valence-corrected chi connectivity index (χ1v) is 13.1. The molecule has 3 aromatic carbocycles. The minimum absolute atomic E-state index is 0. The first kappa shape index (κ1) is 26.3. The number of nitrogens with zero attached hydrogens (tertiary/aromatic N) is 1. The maximum absolute atomic E-state index is 13.7. The molecular weight excluding hydrogens is 547 g/mol. The summed E-state index contributed by atoms with van der Waals surface area (Å²) in [5, 5.41) is 5.98. The van der Waals surface area contributed by atoms with Gasteiger partial charge in [0, 0.05) is 30.3 Å². The molecule has 0 saturated heterocycles. The van der Waals surface area contributed by atoms with Crippen LogP contribution in [0.3, 0.4) is 0 Å². The summed E-state index contributed by atoms with van der Waals surface area (Å²) in [4.78, 5) is 0. The van der Waals surface area contributed by atoms with Crippen molar-refractivity contribution in [2.45, 2.75) is 45.6 Å². The van der Waals surface area contributed by atoms with Gasteiger partial charge in [-0.3, -0.25) is 0 Å². The van der Waals surface area contributed by atoms with E-state index in [-0.39, 0.29) is 29.6 Å². The lowest BCUT2D eigenvalue weighted by atomic mass is 9.88. The summed E-state index contributed by atoms with van der Waals surface area (Å²) in [6.07, 6.45) is 7.33. The Morgan fingerprint density at radius 1 is 1.00 bits per heavy atom. The molecule has 0 atom stereocenters. The van der Waals surface area contributed by atoms with E-state index >= 15 is 0 Å². The Morgan fingerprint density at radius 2 is 1.79 bits per heavy atom. The van der Waals surface area contributed by atoms with Crippen molar-refractivity contribution >= 4 is 16.5 Å². The number of pyridine rings is 1. The highest BCUT2D eigenvalue weighted by atomic mass is 79.9. The fourth-order valence-corrected chi connectivity index (χ4v) is 5.59. The van der Waals surface area contributed by atoms with Crippen molar-refractivity contribution in [2.24, 2.45) is 0 Å². The number of hydrogen-bond acceptors (Lipinski definition) is 4. The Labute approximate surface area is 233 Å². The number of fused-ring (bicyclic) bond motifs is 5. The van der Waals surface area contributed by atoms with Crippen LogP contribution in [0.25, 0.3) is 22.0 Å². The molecule has 0 amide bonds. The molecule has 1 aromatic heterocycles. The van der Waals surface area contributed by atoms with Gasteiger partial charge in [-0.15, -0.1) is 0 Å². The number of aryl methyl sites for hydroxylation is 2. The van der Waals surface area contributed by atoms with Crippen LogP contribution in [0.15, 0.2) is 54.7 Å². The van der Waals surface area contributed by atoms with Crippen molar-refractivity contribution < 1.29 is 40.1 Å². The van der Waals surface area contributed by atoms with Crippen LogP contribution in [-0.4, -0.2) is 20.4 Å². The zero-order chi connectivity index (χ0) is 25.4. The summed E-state index contributed by atoms with van der Waals surface area (Å²) in [6, 6.07) is 15.3. The van der Waals surface area contributed by atoms with Crippen molar-refractivity contribution in [1.29, 1.82) is 0 Å². The summed E-state index contributed by atoms with van der Waals surface area (Å²) < 4.78 is 33.3. The Kier molecular flexibility index (Phi) is 7.75. The predicted molar refractivity (Wildman–Crippen MR) is 143 cm³/mol. The summed E-state index contributed by atoms with van der Waals surface area (Å²) in [5.41, 5.74) is 6.92. The van der Waals surface area contributed by atoms with Gasteiger partial charge in [0.2, 0.25) is 12.5 Å². The van der Waals surface area contributed by atoms with E-state index in [0.717, 1.165) is 59.8 Å². The third kappa shape index (κ3) is 4.80. The highest BCUT2D eigenvalue weighted by Gasteiger charge is 2.32. The molecule has 3 heterocycles. The van der Waals surface area contributed by atoms with Gasteiger partial charge < -0.3 is 36.5 Å². The van der Waals surface area contributed by atoms with Crippen LogP contribution < -0.4 is 41.1 Å². The van der Waals surface area contributed by atoms with Gasteiger partial charge in [-0.05, 0) is 53.9 Å². The van der Waals surface area contributed by atoms with E-state index in [0.29, 0.717) is 6.42 Å². The van der Waals surface area contributed by atoms with Crippen molar-refractivity contribution in [3.05, 3.63) is 77.2 Å². The van der Waals surface area contributed by atoms with E-state index in [1.807, 2.05) is 12.1 Å². The lowest BCUT2D eigenvalue weighted by molar-refractivity contribution is -0.686. The smallest absolute Gasteiger partial charge is 0.231 e. The number of nitrogens with one attached hydrogen (secondary N) is 1. The van der Waals surface area contributed by atoms with Gasteiger partial charge in [-0.25, -0.2) is 4.39 Å². The average molecular weight is 580 g/mol. The number of rotatable bonds is 8. The summed E-state index contributed by atoms with van der Waals surface area (Å²) in [7, 11) is 1.72. The van der Waals surface area contributed by atoms with Gasteiger partial charge >= 0.3 is 0 Å². The topological polar surface area (TPSA) is 43.6 Å². The molecular formula is C31H32BrFN2O3. The second-order valence-electron chi connectivity index (χ2n) is 9.80. The van der Waals surface area contributed by atoms with E-state index in [1.165, 1.54) is 52.7 Å². The van der Waals surface area contributed by atoms with Crippen molar-refractivity contribution in [3.63, 3.8) is 0 Å². The van der Waals surface area contributed by atoms with E-state index < -0.39 is 0 Å². The standard InChI is InChI=1S/C31H31FN2O3.BrH/c1-3-4-5-13-33-30-26-18-34-14-12-21-16-28-29(37-19-36-28)17-24(21)31(34)25(23(26)10-11-27(30)35-2)15-20-6-8-22(32)9-7-20;/h6-11,16-18H,3-5,12-15,19H2,1-2H3;1H. The second-order valence-corrected chi connectivity index (χ2v) is 9.80. The molecule has 0 unspecified atom stereocenters. The van der Waals surface area contributed by atoms with Crippen molar-refractivity contribution in [2.75, 3.05) is 25.8 Å². The van der Waals surface area contributed by atoms with Gasteiger partial charge in [-0.1, -0.05) is 31.9 Å². The maximum Gasteiger partial charge on any atom is 0.231 e. The normalized spacial score (nSPS) is 13.0. The van der Waals surface area contributed by atoms with Crippen LogP contribution in [-0.2, 0) is 19.4 Å². The number of hydrogen-bond donors (Lipinski definition) is 1. The monoisotopic (exact) mass is 578 g/mol. The van der Waals surface area contributed by atoms with E-state index in [4.69, 9.17) is 14.2 Å². The van der Waals surface area contributed by atoms with E-state index in [9.17, 15) is 4.39 Å². The fourth-order valence-electron chi connectivity index (χ4n) is 5.59. The molecule has 6 rings (SSSR count). The van der Waals surface area contributed by atoms with Crippen molar-refractivity contribution in [1.82, 2.24) is 0 Å². The number of halogens is 2. The molecule has 7 heteroatoms. The molecule has 2 aliphatic heterocycles. The quantitative estimate of drug-likeness (QED) is 0.257. The van der Waals surface area contributed by atoms with E-state index in [2.05, 4.69) is 47.3 Å². The molecule has 198 valence electrons. The molecule has 0 saturated carbocycles. The van der Waals surface area contributed by atoms with Crippen molar-refractivity contribution in [3.8, 4) is 28.5 Å². The highest BCUT2D eigenvalue weighted by Crippen LogP contribution is 2.43. The predicted octanol–water partition coefficient (Wildman–Crippen LogP) is 3.42. The molecule has 0 aliphatic carbocycles. The highest BCUT2D eigenvalue weighted by molar-refractivity contribution is 6.00. The number of anilines is 1. The van der Waals surface area contributed by atoms with E-state index in [1.54, 1.807) is 7.11 Å². The third-order valence-corrected chi connectivity index (χ3v) is 7.46. The Morgan fingerprint density at radius 3 is 2.55 bits per heavy atom. The van der Waals surface area contributed by atoms with Crippen LogP contribution >= 0.6 is 0 Å². The molecule has 0 fully saturated rings. The molecule has 38 heavy (non-hydrogen) atoms. The SMILES string of the molecule is CCCCCNc1c(OC)ccc2c(Cc3ccc(F)cc3)c3[n+](cc12)CCc1cc2c(cc1-3)OCO2.[Br-]. The fraction of sp³-hybridized carbons (Fsp3) is 0.323. The average Bonchev–Trinajstić information content (AvgIpc) is 3.38. The largest absolute Gasteiger partial charge is 1.00 e. The zero-order valence-electron chi connectivity index (χ0n) is 21.8. The second kappa shape index (κ2) is 11.2. The number of unbranched alkanes of at least 4 members (excludes halogenated alkanes) is 2. The number of ether oxygens (including phenoxy) is 3. The first-order valence-electron chi connectivity index (χ1n) is 13.1. The Hall–Kier alpha value is -3.32. The number of methoxy groups -OCH3 is 1. The Balaban J connectivity index is 0.00000294. The van der Waals surface area contributed by atoms with Gasteiger partial charge in [-0.2, -0.15) is 4.57 Å². The summed E-state index contributed by atoms with van der Waals surface area (Å²) in [5.74, 6) is 2.22. The molecule has 0 spiro atoms. The Bertz CT molecular complexity index is 1470. The zero-order valence-corrected chi connectivity index (χ0v) is 23.4. The third-order valence-electron chi connectivity index (χ3n) is 7.46. The molecule has 5 nitrogen and oxygen atoms in total. The van der Waals surface area contributed by atoms with Gasteiger partial charge in [0.05, 0.1) is 23.7 Å². The lowest BCUT2D eigenvalue weighted by Gasteiger charge is -2.22. The number of benzene rings is 3. The molecule has 4 aromatic rings. The van der Waals surface area contributed by atoms with Crippen LogP contribution in [0.5, 0.6) is 17.2 Å². The molecule has 0 bridgehead atoms. The van der Waals surface area contributed by atoms with Crippen LogP contribution in [0.1, 0.15) is 42.9 Å². The van der Waals surface area contributed by atoms with Crippen LogP contribution in [0.4, 0.5) is 10.1 Å². The minimum Gasteiger partial charge on any atom is -1.00 e. The molecule has 2 aliphatic rings. The molecule has 0 radical (unpaired) electrons. The molecule has 1 N–H and O–H groups in total. The number of aromatic nitrogens is 1. The summed E-state index contributed by atoms with van der Waals surface area (Å²) in [6.45, 7) is 4.23. The minimum atomic E-state index is -0.223. The lowest BCUT2D eigenvalue weighted by Crippen LogP contribution is -3.00. The van der Waals surface area contributed by atoms with Crippen LogP contribution in [0, 0.1) is 5.82 Å². The first-order chi connectivity index (χ1) is 18.2. The van der Waals surface area contributed by atoms with Gasteiger partial charge in [0.25, 0.3) is 0 Å². The van der Waals surface area contributed by atoms with Gasteiger partial charge in [0.15, 0.2) is 24.2 Å². The summed E-state index contributed by atoms with van der Waals surface area (Å²) >= 11 is 0. The van der Waals surface area contributed by atoms with Crippen LogP contribution in [0.2, 0.25) is 0 Å².